The molecular formula is C10H19F3O. The largest absolute Gasteiger partial charge is 0.391 e. The Kier molecular flexibility index (Phi) is 6.97. The second-order valence-corrected chi connectivity index (χ2v) is 3.54. The fourth-order valence-electron chi connectivity index (χ4n) is 1.14. The van der Waals surface area contributed by atoms with Crippen LogP contribution in [0.1, 0.15) is 46.0 Å². The minimum absolute atomic E-state index is 0.0519. The molecule has 0 aliphatic heterocycles. The standard InChI is InChI=1S/C10H19F3O/c1-3-4-5-6-9(2)14-8-7-10(11,12)13/h9H,3-8H2,1-2H3. The van der Waals surface area contributed by atoms with Crippen LogP contribution in [-0.4, -0.2) is 18.9 Å². The molecule has 0 spiro atoms. The zero-order chi connectivity index (χ0) is 11.0. The van der Waals surface area contributed by atoms with Gasteiger partial charge in [-0.2, -0.15) is 13.2 Å². The van der Waals surface area contributed by atoms with Crippen LogP contribution in [0, 0.1) is 0 Å². The third-order valence-corrected chi connectivity index (χ3v) is 2.00. The lowest BCUT2D eigenvalue weighted by atomic mass is 10.1. The van der Waals surface area contributed by atoms with Crippen LogP contribution < -0.4 is 0 Å². The van der Waals surface area contributed by atoms with Gasteiger partial charge in [-0.1, -0.05) is 26.2 Å². The summed E-state index contributed by atoms with van der Waals surface area (Å²) in [5.41, 5.74) is 0. The van der Waals surface area contributed by atoms with E-state index >= 15 is 0 Å². The summed E-state index contributed by atoms with van der Waals surface area (Å²) in [6, 6.07) is 0. The predicted octanol–water partition coefficient (Wildman–Crippen LogP) is 3.92. The second-order valence-electron chi connectivity index (χ2n) is 3.54. The number of rotatable bonds is 7. The molecule has 0 aliphatic rings. The zero-order valence-corrected chi connectivity index (χ0v) is 8.86. The first kappa shape index (κ1) is 13.8. The number of alkyl halides is 3. The molecule has 0 rings (SSSR count). The van der Waals surface area contributed by atoms with E-state index in [1.807, 2.05) is 6.92 Å². The van der Waals surface area contributed by atoms with E-state index in [4.69, 9.17) is 4.74 Å². The number of hydrogen-bond acceptors (Lipinski definition) is 1. The van der Waals surface area contributed by atoms with Crippen molar-refractivity contribution in [1.82, 2.24) is 0 Å². The highest BCUT2D eigenvalue weighted by atomic mass is 19.4. The van der Waals surface area contributed by atoms with Gasteiger partial charge in [0.15, 0.2) is 0 Å². The summed E-state index contributed by atoms with van der Waals surface area (Å²) in [5.74, 6) is 0. The fraction of sp³-hybridized carbons (Fsp3) is 1.00. The first-order valence-electron chi connectivity index (χ1n) is 5.14. The quantitative estimate of drug-likeness (QED) is 0.581. The van der Waals surface area contributed by atoms with E-state index in [-0.39, 0.29) is 12.7 Å². The van der Waals surface area contributed by atoms with Gasteiger partial charge in [0, 0.05) is 0 Å². The van der Waals surface area contributed by atoms with Crippen molar-refractivity contribution in [2.24, 2.45) is 0 Å². The number of unbranched alkanes of at least 4 members (excludes halogenated alkanes) is 2. The van der Waals surface area contributed by atoms with Crippen LogP contribution in [0.25, 0.3) is 0 Å². The molecule has 0 aromatic rings. The first-order valence-corrected chi connectivity index (χ1v) is 5.14. The number of ether oxygens (including phenoxy) is 1. The van der Waals surface area contributed by atoms with Crippen molar-refractivity contribution in [1.29, 1.82) is 0 Å². The maximum absolute atomic E-state index is 11.7. The molecule has 14 heavy (non-hydrogen) atoms. The number of hydrogen-bond donors (Lipinski definition) is 0. The molecule has 0 radical (unpaired) electrons. The molecule has 0 aromatic carbocycles. The summed E-state index contributed by atoms with van der Waals surface area (Å²) < 4.78 is 40.2. The summed E-state index contributed by atoms with van der Waals surface area (Å²) in [6.07, 6.45) is -0.866. The van der Waals surface area contributed by atoms with Crippen molar-refractivity contribution in [2.75, 3.05) is 6.61 Å². The molecule has 0 N–H and O–H groups in total. The van der Waals surface area contributed by atoms with Crippen molar-refractivity contribution in [3.63, 3.8) is 0 Å². The van der Waals surface area contributed by atoms with Crippen LogP contribution in [0.5, 0.6) is 0 Å². The predicted molar refractivity (Wildman–Crippen MR) is 50.2 cm³/mol. The van der Waals surface area contributed by atoms with Gasteiger partial charge in [0.05, 0.1) is 19.1 Å². The maximum atomic E-state index is 11.7. The van der Waals surface area contributed by atoms with Gasteiger partial charge in [0.25, 0.3) is 0 Å². The third-order valence-electron chi connectivity index (χ3n) is 2.00. The lowest BCUT2D eigenvalue weighted by Crippen LogP contribution is -2.15. The van der Waals surface area contributed by atoms with E-state index in [2.05, 4.69) is 6.92 Å². The maximum Gasteiger partial charge on any atom is 0.391 e. The topological polar surface area (TPSA) is 9.23 Å². The average molecular weight is 212 g/mol. The molecule has 0 saturated heterocycles. The SMILES string of the molecule is CCCCCC(C)OCCC(F)(F)F. The van der Waals surface area contributed by atoms with E-state index in [0.717, 1.165) is 25.7 Å². The summed E-state index contributed by atoms with van der Waals surface area (Å²) in [7, 11) is 0. The minimum atomic E-state index is -4.09. The normalized spacial score (nSPS) is 14.4. The van der Waals surface area contributed by atoms with E-state index in [0.29, 0.717) is 0 Å². The van der Waals surface area contributed by atoms with Crippen LogP contribution >= 0.6 is 0 Å². The highest BCUT2D eigenvalue weighted by Crippen LogP contribution is 2.19. The van der Waals surface area contributed by atoms with Crippen molar-refractivity contribution in [3.05, 3.63) is 0 Å². The smallest absolute Gasteiger partial charge is 0.378 e. The Morgan fingerprint density at radius 2 is 1.86 bits per heavy atom. The van der Waals surface area contributed by atoms with Gasteiger partial charge in [-0.3, -0.25) is 0 Å². The van der Waals surface area contributed by atoms with Crippen molar-refractivity contribution >= 4 is 0 Å². The molecule has 4 heteroatoms. The van der Waals surface area contributed by atoms with Crippen LogP contribution in [0.4, 0.5) is 13.2 Å². The molecule has 0 amide bonds. The highest BCUT2D eigenvalue weighted by molar-refractivity contribution is 4.53. The summed E-state index contributed by atoms with van der Waals surface area (Å²) in [6.45, 7) is 3.71. The molecule has 86 valence electrons. The Balaban J connectivity index is 3.31. The van der Waals surface area contributed by atoms with Crippen molar-refractivity contribution < 1.29 is 17.9 Å². The zero-order valence-electron chi connectivity index (χ0n) is 8.86. The molecule has 0 fully saturated rings. The van der Waals surface area contributed by atoms with Gasteiger partial charge >= 0.3 is 6.18 Å². The van der Waals surface area contributed by atoms with E-state index in [9.17, 15) is 13.2 Å². The van der Waals surface area contributed by atoms with Crippen LogP contribution in [-0.2, 0) is 4.74 Å². The Labute approximate surface area is 83.6 Å². The lowest BCUT2D eigenvalue weighted by molar-refractivity contribution is -0.148. The summed E-state index contributed by atoms with van der Waals surface area (Å²) in [4.78, 5) is 0. The Bertz CT molecular complexity index is 134. The van der Waals surface area contributed by atoms with Gasteiger partial charge in [0.2, 0.25) is 0 Å². The Morgan fingerprint density at radius 3 is 2.36 bits per heavy atom. The molecule has 0 aliphatic carbocycles. The van der Waals surface area contributed by atoms with E-state index in [1.54, 1.807) is 0 Å². The van der Waals surface area contributed by atoms with Crippen molar-refractivity contribution in [2.45, 2.75) is 58.2 Å². The molecule has 0 aromatic heterocycles. The monoisotopic (exact) mass is 212 g/mol. The molecule has 0 heterocycles. The van der Waals surface area contributed by atoms with Gasteiger partial charge in [-0.15, -0.1) is 0 Å². The van der Waals surface area contributed by atoms with Crippen LogP contribution in [0.2, 0.25) is 0 Å². The Morgan fingerprint density at radius 1 is 1.21 bits per heavy atom. The summed E-state index contributed by atoms with van der Waals surface area (Å²) in [5, 5.41) is 0. The van der Waals surface area contributed by atoms with Crippen molar-refractivity contribution in [3.8, 4) is 0 Å². The van der Waals surface area contributed by atoms with Crippen LogP contribution in [0.15, 0.2) is 0 Å². The molecule has 1 unspecified atom stereocenters. The molecule has 0 saturated carbocycles. The van der Waals surface area contributed by atoms with Crippen LogP contribution in [0.3, 0.4) is 0 Å². The molecule has 1 atom stereocenters. The van der Waals surface area contributed by atoms with Gasteiger partial charge < -0.3 is 4.74 Å². The number of halogens is 3. The van der Waals surface area contributed by atoms with E-state index in [1.165, 1.54) is 0 Å². The highest BCUT2D eigenvalue weighted by Gasteiger charge is 2.26. The second kappa shape index (κ2) is 7.10. The van der Waals surface area contributed by atoms with Gasteiger partial charge in [-0.25, -0.2) is 0 Å². The Hall–Kier alpha value is -0.250. The fourth-order valence-corrected chi connectivity index (χ4v) is 1.14. The van der Waals surface area contributed by atoms with E-state index < -0.39 is 12.6 Å². The van der Waals surface area contributed by atoms with Gasteiger partial charge in [0.1, 0.15) is 0 Å². The molecule has 1 nitrogen and oxygen atoms in total. The van der Waals surface area contributed by atoms with Gasteiger partial charge in [-0.05, 0) is 13.3 Å². The summed E-state index contributed by atoms with van der Waals surface area (Å²) >= 11 is 0. The molecular weight excluding hydrogens is 193 g/mol. The average Bonchev–Trinajstić information content (AvgIpc) is 2.02. The first-order chi connectivity index (χ1) is 6.45. The lowest BCUT2D eigenvalue weighted by Gasteiger charge is -2.13. The minimum Gasteiger partial charge on any atom is -0.378 e. The third kappa shape index (κ3) is 9.84. The molecule has 0 bridgehead atoms.